The minimum absolute atomic E-state index is 0.0388. The van der Waals surface area contributed by atoms with Gasteiger partial charge in [0, 0.05) is 24.2 Å². The molecule has 5 nitrogen and oxygen atoms in total. The van der Waals surface area contributed by atoms with Crippen molar-refractivity contribution < 1.29 is 4.79 Å². The van der Waals surface area contributed by atoms with Gasteiger partial charge in [-0.1, -0.05) is 39.8 Å². The number of rotatable bonds is 5. The van der Waals surface area contributed by atoms with Crippen molar-refractivity contribution in [3.8, 4) is 0 Å². The summed E-state index contributed by atoms with van der Waals surface area (Å²) in [5.41, 5.74) is 3.80. The molecular formula is C22H29N3O2. The topological polar surface area (TPSA) is 64.0 Å². The first-order valence-corrected chi connectivity index (χ1v) is 9.84. The second-order valence-electron chi connectivity index (χ2n) is 8.22. The average Bonchev–Trinajstić information content (AvgIpc) is 2.62. The highest BCUT2D eigenvalue weighted by Crippen LogP contribution is 2.19. The minimum Gasteiger partial charge on any atom is -0.349 e. The summed E-state index contributed by atoms with van der Waals surface area (Å²) < 4.78 is 1.57. The molecule has 144 valence electrons. The number of aryl methyl sites for hydroxylation is 1. The molecule has 1 aromatic carbocycles. The molecule has 1 N–H and O–H groups in total. The van der Waals surface area contributed by atoms with Gasteiger partial charge in [0.05, 0.1) is 5.69 Å². The van der Waals surface area contributed by atoms with Gasteiger partial charge in [-0.2, -0.15) is 5.10 Å². The van der Waals surface area contributed by atoms with Gasteiger partial charge in [-0.25, -0.2) is 4.68 Å². The molecule has 0 aliphatic heterocycles. The summed E-state index contributed by atoms with van der Waals surface area (Å²) >= 11 is 0. The number of amides is 1. The minimum atomic E-state index is -0.0568. The van der Waals surface area contributed by atoms with Crippen molar-refractivity contribution in [3.05, 3.63) is 63.1 Å². The monoisotopic (exact) mass is 367 g/mol. The van der Waals surface area contributed by atoms with Crippen LogP contribution in [0, 0.1) is 5.92 Å². The number of hydrogen-bond acceptors (Lipinski definition) is 3. The van der Waals surface area contributed by atoms with Gasteiger partial charge in [-0.15, -0.1) is 0 Å². The van der Waals surface area contributed by atoms with Crippen molar-refractivity contribution in [3.63, 3.8) is 0 Å². The van der Waals surface area contributed by atoms with Crippen molar-refractivity contribution in [2.75, 3.05) is 0 Å². The van der Waals surface area contributed by atoms with E-state index in [1.807, 2.05) is 24.3 Å². The molecule has 0 spiro atoms. The fraction of sp³-hybridized carbons (Fsp3) is 0.500. The molecule has 1 heterocycles. The van der Waals surface area contributed by atoms with Crippen molar-refractivity contribution in [1.29, 1.82) is 0 Å². The zero-order valence-electron chi connectivity index (χ0n) is 16.7. The molecule has 1 aromatic heterocycles. The Kier molecular flexibility index (Phi) is 5.78. The van der Waals surface area contributed by atoms with E-state index in [4.69, 9.17) is 0 Å². The smallest absolute Gasteiger partial charge is 0.267 e. The second-order valence-corrected chi connectivity index (χ2v) is 8.22. The third-order valence-electron chi connectivity index (χ3n) is 5.07. The van der Waals surface area contributed by atoms with Crippen molar-refractivity contribution in [2.45, 2.75) is 65.5 Å². The lowest BCUT2D eigenvalue weighted by molar-refractivity contribution is 0.0933. The molecule has 1 unspecified atom stereocenters. The highest BCUT2D eigenvalue weighted by atomic mass is 16.1. The lowest BCUT2D eigenvalue weighted by Gasteiger charge is -2.25. The average molecular weight is 367 g/mol. The molecule has 1 atom stereocenters. The van der Waals surface area contributed by atoms with Crippen LogP contribution in [0.4, 0.5) is 0 Å². The van der Waals surface area contributed by atoms with Crippen LogP contribution in [0.5, 0.6) is 0 Å². The number of aromatic nitrogens is 2. The number of benzene rings is 1. The maximum absolute atomic E-state index is 12.6. The number of carbonyl (C=O) groups excluding carboxylic acids is 1. The Bertz CT molecular complexity index is 866. The van der Waals surface area contributed by atoms with Crippen LogP contribution in [0.1, 0.15) is 67.2 Å². The van der Waals surface area contributed by atoms with Gasteiger partial charge in [-0.3, -0.25) is 9.59 Å². The van der Waals surface area contributed by atoms with Crippen molar-refractivity contribution in [1.82, 2.24) is 15.1 Å². The van der Waals surface area contributed by atoms with Gasteiger partial charge < -0.3 is 5.32 Å². The van der Waals surface area contributed by atoms with Gasteiger partial charge in [-0.05, 0) is 54.4 Å². The number of hydrogen-bond donors (Lipinski definition) is 1. The Balaban J connectivity index is 1.68. The standard InChI is InChI=1S/C22H29N3O2/c1-14(2)13-25-21(26)12-18-11-19(9-10-20(18)24-25)23-22(27)17-7-5-16(6-8-17)15(3)4/h5-8,12,14-15,19H,9-11,13H2,1-4H3,(H,23,27). The lowest BCUT2D eigenvalue weighted by atomic mass is 9.92. The maximum atomic E-state index is 12.6. The third kappa shape index (κ3) is 4.65. The quantitative estimate of drug-likeness (QED) is 0.882. The normalized spacial score (nSPS) is 16.4. The predicted octanol–water partition coefficient (Wildman–Crippen LogP) is 3.31. The molecule has 5 heteroatoms. The van der Waals surface area contributed by atoms with Crippen LogP contribution in [0.25, 0.3) is 0 Å². The SMILES string of the molecule is CC(C)Cn1nc2c(cc1=O)CC(NC(=O)c1ccc(C(C)C)cc1)CC2. The number of nitrogens with zero attached hydrogens (tertiary/aromatic N) is 2. The molecule has 0 saturated carbocycles. The Morgan fingerprint density at radius 2 is 1.93 bits per heavy atom. The Morgan fingerprint density at radius 1 is 1.22 bits per heavy atom. The summed E-state index contributed by atoms with van der Waals surface area (Å²) in [5.74, 6) is 0.773. The molecule has 0 saturated heterocycles. The van der Waals surface area contributed by atoms with Crippen LogP contribution in [0.2, 0.25) is 0 Å². The molecule has 0 fully saturated rings. The molecule has 1 amide bonds. The first-order valence-electron chi connectivity index (χ1n) is 9.84. The molecule has 3 rings (SSSR count). The van der Waals surface area contributed by atoms with E-state index in [0.29, 0.717) is 30.4 Å². The van der Waals surface area contributed by atoms with Crippen LogP contribution < -0.4 is 10.9 Å². The van der Waals surface area contributed by atoms with Crippen molar-refractivity contribution >= 4 is 5.91 Å². The fourth-order valence-corrected chi connectivity index (χ4v) is 3.52. The fourth-order valence-electron chi connectivity index (χ4n) is 3.52. The summed E-state index contributed by atoms with van der Waals surface area (Å²) in [4.78, 5) is 24.8. The van der Waals surface area contributed by atoms with E-state index in [9.17, 15) is 9.59 Å². The van der Waals surface area contributed by atoms with E-state index in [1.54, 1.807) is 10.7 Å². The summed E-state index contributed by atoms with van der Waals surface area (Å²) in [5, 5.41) is 7.66. The summed E-state index contributed by atoms with van der Waals surface area (Å²) in [6, 6.07) is 9.52. The van der Waals surface area contributed by atoms with Gasteiger partial charge in [0.1, 0.15) is 0 Å². The van der Waals surface area contributed by atoms with Crippen molar-refractivity contribution in [2.24, 2.45) is 5.92 Å². The van der Waals surface area contributed by atoms with E-state index >= 15 is 0 Å². The number of carbonyl (C=O) groups is 1. The molecule has 1 aliphatic carbocycles. The third-order valence-corrected chi connectivity index (χ3v) is 5.07. The van der Waals surface area contributed by atoms with E-state index in [-0.39, 0.29) is 17.5 Å². The zero-order chi connectivity index (χ0) is 19.6. The Labute approximate surface area is 160 Å². The van der Waals surface area contributed by atoms with Crippen LogP contribution in [-0.2, 0) is 19.4 Å². The van der Waals surface area contributed by atoms with Gasteiger partial charge in [0.2, 0.25) is 0 Å². The first kappa shape index (κ1) is 19.3. The van der Waals surface area contributed by atoms with Crippen LogP contribution >= 0.6 is 0 Å². The Morgan fingerprint density at radius 3 is 2.56 bits per heavy atom. The Hall–Kier alpha value is -2.43. The summed E-state index contributed by atoms with van der Waals surface area (Å²) in [6.07, 6.45) is 2.29. The summed E-state index contributed by atoms with van der Waals surface area (Å²) in [7, 11) is 0. The molecule has 2 aromatic rings. The first-order chi connectivity index (χ1) is 12.8. The molecule has 0 radical (unpaired) electrons. The van der Waals surface area contributed by atoms with E-state index in [2.05, 4.69) is 38.1 Å². The number of nitrogens with one attached hydrogen (secondary N) is 1. The van der Waals surface area contributed by atoms with Crippen LogP contribution in [-0.4, -0.2) is 21.7 Å². The highest BCUT2D eigenvalue weighted by Gasteiger charge is 2.23. The van der Waals surface area contributed by atoms with Crippen LogP contribution in [0.15, 0.2) is 35.1 Å². The van der Waals surface area contributed by atoms with E-state index in [1.165, 1.54) is 5.56 Å². The van der Waals surface area contributed by atoms with E-state index in [0.717, 1.165) is 24.1 Å². The lowest BCUT2D eigenvalue weighted by Crippen LogP contribution is -2.40. The molecule has 27 heavy (non-hydrogen) atoms. The van der Waals surface area contributed by atoms with E-state index < -0.39 is 0 Å². The highest BCUT2D eigenvalue weighted by molar-refractivity contribution is 5.94. The maximum Gasteiger partial charge on any atom is 0.267 e. The van der Waals surface area contributed by atoms with Gasteiger partial charge in [0.15, 0.2) is 0 Å². The predicted molar refractivity (Wildman–Crippen MR) is 107 cm³/mol. The second kappa shape index (κ2) is 8.07. The van der Waals surface area contributed by atoms with Gasteiger partial charge >= 0.3 is 0 Å². The molecule has 1 aliphatic rings. The largest absolute Gasteiger partial charge is 0.349 e. The van der Waals surface area contributed by atoms with Crippen LogP contribution in [0.3, 0.4) is 0 Å². The number of fused-ring (bicyclic) bond motifs is 1. The summed E-state index contributed by atoms with van der Waals surface area (Å²) in [6.45, 7) is 9.06. The van der Waals surface area contributed by atoms with Gasteiger partial charge in [0.25, 0.3) is 11.5 Å². The molecular weight excluding hydrogens is 338 g/mol. The molecule has 0 bridgehead atoms. The zero-order valence-corrected chi connectivity index (χ0v) is 16.7.